The summed E-state index contributed by atoms with van der Waals surface area (Å²) < 4.78 is 19.3. The van der Waals surface area contributed by atoms with Crippen molar-refractivity contribution >= 4 is 5.69 Å². The van der Waals surface area contributed by atoms with Crippen molar-refractivity contribution in [1.29, 1.82) is 0 Å². The van der Waals surface area contributed by atoms with E-state index in [9.17, 15) is 4.39 Å². The quantitative estimate of drug-likeness (QED) is 0.923. The van der Waals surface area contributed by atoms with Crippen LogP contribution in [0.2, 0.25) is 0 Å². The SMILES string of the molecule is CCOc1ccc(N2C3CCCC2CC(N)C3)cc1F. The van der Waals surface area contributed by atoms with Crippen LogP contribution in [-0.4, -0.2) is 24.7 Å². The average molecular weight is 278 g/mol. The molecule has 0 spiro atoms. The second-order valence-electron chi connectivity index (χ2n) is 5.93. The van der Waals surface area contributed by atoms with Gasteiger partial charge in [0.25, 0.3) is 0 Å². The number of rotatable bonds is 3. The maximum absolute atomic E-state index is 14.1. The molecule has 2 atom stereocenters. The molecule has 1 aromatic rings. The zero-order chi connectivity index (χ0) is 14.1. The summed E-state index contributed by atoms with van der Waals surface area (Å²) in [5.74, 6) is 0.0763. The van der Waals surface area contributed by atoms with Crippen LogP contribution in [0.5, 0.6) is 5.75 Å². The van der Waals surface area contributed by atoms with E-state index < -0.39 is 0 Å². The van der Waals surface area contributed by atoms with Gasteiger partial charge in [0.15, 0.2) is 11.6 Å². The van der Waals surface area contributed by atoms with Gasteiger partial charge in [-0.1, -0.05) is 0 Å². The molecule has 3 nitrogen and oxygen atoms in total. The highest BCUT2D eigenvalue weighted by Gasteiger charge is 2.37. The van der Waals surface area contributed by atoms with Crippen LogP contribution < -0.4 is 15.4 Å². The Hall–Kier alpha value is -1.29. The maximum Gasteiger partial charge on any atom is 0.167 e. The van der Waals surface area contributed by atoms with Crippen molar-refractivity contribution in [1.82, 2.24) is 0 Å². The second-order valence-corrected chi connectivity index (χ2v) is 5.93. The van der Waals surface area contributed by atoms with Crippen molar-refractivity contribution in [2.45, 2.75) is 57.2 Å². The van der Waals surface area contributed by atoms with Crippen LogP contribution in [0.25, 0.3) is 0 Å². The minimum Gasteiger partial charge on any atom is -0.491 e. The minimum absolute atomic E-state index is 0.266. The fourth-order valence-electron chi connectivity index (χ4n) is 3.77. The van der Waals surface area contributed by atoms with E-state index >= 15 is 0 Å². The molecule has 3 rings (SSSR count). The third-order valence-electron chi connectivity index (χ3n) is 4.52. The molecule has 0 aromatic heterocycles. The summed E-state index contributed by atoms with van der Waals surface area (Å²) in [5, 5.41) is 0. The van der Waals surface area contributed by atoms with E-state index in [1.807, 2.05) is 13.0 Å². The van der Waals surface area contributed by atoms with E-state index in [0.717, 1.165) is 18.5 Å². The predicted octanol–water partition coefficient (Wildman–Crippen LogP) is 3.07. The number of halogens is 1. The van der Waals surface area contributed by atoms with Crippen LogP contribution in [0.15, 0.2) is 18.2 Å². The smallest absolute Gasteiger partial charge is 0.167 e. The molecule has 2 aliphatic rings. The van der Waals surface area contributed by atoms with Crippen LogP contribution in [0.1, 0.15) is 39.0 Å². The summed E-state index contributed by atoms with van der Waals surface area (Å²) in [5.41, 5.74) is 7.12. The molecule has 20 heavy (non-hydrogen) atoms. The van der Waals surface area contributed by atoms with E-state index in [2.05, 4.69) is 4.90 Å². The molecule has 1 aromatic carbocycles. The highest BCUT2D eigenvalue weighted by Crippen LogP contribution is 2.38. The van der Waals surface area contributed by atoms with Crippen molar-refractivity contribution in [3.8, 4) is 5.75 Å². The first kappa shape index (κ1) is 13.7. The van der Waals surface area contributed by atoms with Gasteiger partial charge in [0, 0.05) is 29.9 Å². The molecule has 110 valence electrons. The molecule has 0 radical (unpaired) electrons. The standard InChI is InChI=1S/C16H23FN2O/c1-2-20-16-7-6-14(10-15(16)17)19-12-4-3-5-13(19)9-11(18)8-12/h6-7,10-13H,2-5,8-9,18H2,1H3. The third kappa shape index (κ3) is 2.49. The van der Waals surface area contributed by atoms with E-state index in [4.69, 9.17) is 10.5 Å². The van der Waals surface area contributed by atoms with Crippen molar-refractivity contribution in [2.24, 2.45) is 5.73 Å². The predicted molar refractivity (Wildman–Crippen MR) is 78.7 cm³/mol. The topological polar surface area (TPSA) is 38.5 Å². The highest BCUT2D eigenvalue weighted by molar-refractivity contribution is 5.52. The van der Waals surface area contributed by atoms with Crippen LogP contribution in [-0.2, 0) is 0 Å². The van der Waals surface area contributed by atoms with E-state index in [1.165, 1.54) is 19.3 Å². The van der Waals surface area contributed by atoms with Crippen LogP contribution in [0.3, 0.4) is 0 Å². The Labute approximate surface area is 119 Å². The Morgan fingerprint density at radius 2 is 2.00 bits per heavy atom. The number of ether oxygens (including phenoxy) is 1. The molecule has 4 heteroatoms. The molecular weight excluding hydrogens is 255 g/mol. The summed E-state index contributed by atoms with van der Waals surface area (Å²) >= 11 is 0. The highest BCUT2D eigenvalue weighted by atomic mass is 19.1. The molecule has 2 unspecified atom stereocenters. The zero-order valence-electron chi connectivity index (χ0n) is 12.0. The maximum atomic E-state index is 14.1. The number of benzene rings is 1. The monoisotopic (exact) mass is 278 g/mol. The second kappa shape index (κ2) is 5.60. The van der Waals surface area contributed by atoms with Gasteiger partial charge in [-0.15, -0.1) is 0 Å². The van der Waals surface area contributed by atoms with Crippen molar-refractivity contribution in [2.75, 3.05) is 11.5 Å². The fraction of sp³-hybridized carbons (Fsp3) is 0.625. The number of hydrogen-bond acceptors (Lipinski definition) is 3. The lowest BCUT2D eigenvalue weighted by atomic mass is 9.81. The molecule has 2 saturated heterocycles. The molecule has 0 aliphatic carbocycles. The van der Waals surface area contributed by atoms with Gasteiger partial charge in [0.05, 0.1) is 6.61 Å². The Morgan fingerprint density at radius 3 is 2.60 bits per heavy atom. The Kier molecular flexibility index (Phi) is 3.83. The Morgan fingerprint density at radius 1 is 1.30 bits per heavy atom. The molecule has 2 heterocycles. The van der Waals surface area contributed by atoms with E-state index in [0.29, 0.717) is 30.5 Å². The average Bonchev–Trinajstić information content (AvgIpc) is 2.40. The molecule has 2 fully saturated rings. The first-order chi connectivity index (χ1) is 9.69. The summed E-state index contributed by atoms with van der Waals surface area (Å²) in [7, 11) is 0. The summed E-state index contributed by atoms with van der Waals surface area (Å²) in [6.07, 6.45) is 5.63. The van der Waals surface area contributed by atoms with Crippen LogP contribution >= 0.6 is 0 Å². The first-order valence-electron chi connectivity index (χ1n) is 7.65. The summed E-state index contributed by atoms with van der Waals surface area (Å²) in [4.78, 5) is 2.39. The number of hydrogen-bond donors (Lipinski definition) is 1. The van der Waals surface area contributed by atoms with Gasteiger partial charge in [-0.2, -0.15) is 0 Å². The van der Waals surface area contributed by atoms with Gasteiger partial charge in [-0.3, -0.25) is 0 Å². The number of fused-ring (bicyclic) bond motifs is 2. The zero-order valence-corrected chi connectivity index (χ0v) is 12.0. The number of piperidine rings is 2. The molecule has 0 saturated carbocycles. The van der Waals surface area contributed by atoms with Crippen LogP contribution in [0.4, 0.5) is 10.1 Å². The number of anilines is 1. The van der Waals surface area contributed by atoms with Crippen molar-refractivity contribution in [3.63, 3.8) is 0 Å². The Bertz CT molecular complexity index is 466. The van der Waals surface area contributed by atoms with Gasteiger partial charge in [0.2, 0.25) is 0 Å². The molecular formula is C16H23FN2O. The molecule has 2 bridgehead atoms. The van der Waals surface area contributed by atoms with Gasteiger partial charge >= 0.3 is 0 Å². The summed E-state index contributed by atoms with van der Waals surface area (Å²) in [6.45, 7) is 2.35. The van der Waals surface area contributed by atoms with E-state index in [-0.39, 0.29) is 5.82 Å². The first-order valence-corrected chi connectivity index (χ1v) is 7.65. The van der Waals surface area contributed by atoms with Gasteiger partial charge in [-0.05, 0) is 51.2 Å². The van der Waals surface area contributed by atoms with Crippen molar-refractivity contribution in [3.05, 3.63) is 24.0 Å². The third-order valence-corrected chi connectivity index (χ3v) is 4.52. The van der Waals surface area contributed by atoms with Gasteiger partial charge < -0.3 is 15.4 Å². The van der Waals surface area contributed by atoms with Gasteiger partial charge in [-0.25, -0.2) is 4.39 Å². The molecule has 0 amide bonds. The number of nitrogens with two attached hydrogens (primary N) is 1. The van der Waals surface area contributed by atoms with Gasteiger partial charge in [0.1, 0.15) is 0 Å². The van der Waals surface area contributed by atoms with Crippen LogP contribution in [0, 0.1) is 5.82 Å². The lowest BCUT2D eigenvalue weighted by molar-refractivity contribution is 0.270. The lowest BCUT2D eigenvalue weighted by Gasteiger charge is -2.49. The summed E-state index contributed by atoms with van der Waals surface area (Å²) in [6, 6.07) is 6.58. The minimum atomic E-state index is -0.266. The lowest BCUT2D eigenvalue weighted by Crippen LogP contribution is -2.55. The van der Waals surface area contributed by atoms with E-state index in [1.54, 1.807) is 12.1 Å². The number of nitrogens with zero attached hydrogens (tertiary/aromatic N) is 1. The molecule has 2 N–H and O–H groups in total. The largest absolute Gasteiger partial charge is 0.491 e. The fourth-order valence-corrected chi connectivity index (χ4v) is 3.77. The van der Waals surface area contributed by atoms with Crippen molar-refractivity contribution < 1.29 is 9.13 Å². The normalized spacial score (nSPS) is 29.4. The molecule has 2 aliphatic heterocycles. The Balaban J connectivity index is 1.86.